The third kappa shape index (κ3) is 2.22. The predicted molar refractivity (Wildman–Crippen MR) is 72.4 cm³/mol. The SMILES string of the molecule is CN(C)C(=O)CCN1C(=O)c2cc(N)ccc2S1(=O)=O. The summed E-state index contributed by atoms with van der Waals surface area (Å²) in [6.07, 6.45) is -0.0541. The van der Waals surface area contributed by atoms with Crippen LogP contribution in [0.15, 0.2) is 23.1 Å². The molecule has 0 atom stereocenters. The highest BCUT2D eigenvalue weighted by Gasteiger charge is 2.41. The van der Waals surface area contributed by atoms with Crippen LogP contribution in [0, 0.1) is 0 Å². The minimum atomic E-state index is -3.88. The van der Waals surface area contributed by atoms with Gasteiger partial charge in [0.2, 0.25) is 5.91 Å². The molecule has 1 aliphatic heterocycles. The fourth-order valence-corrected chi connectivity index (χ4v) is 3.49. The van der Waals surface area contributed by atoms with E-state index in [4.69, 9.17) is 5.73 Å². The Morgan fingerprint density at radius 1 is 1.35 bits per heavy atom. The molecule has 20 heavy (non-hydrogen) atoms. The van der Waals surface area contributed by atoms with E-state index in [1.807, 2.05) is 0 Å². The maximum Gasteiger partial charge on any atom is 0.269 e. The van der Waals surface area contributed by atoms with E-state index in [9.17, 15) is 18.0 Å². The summed E-state index contributed by atoms with van der Waals surface area (Å²) in [5, 5.41) is 0. The predicted octanol–water partition coefficient (Wildman–Crippen LogP) is -0.108. The first-order chi connectivity index (χ1) is 9.25. The third-order valence-corrected chi connectivity index (χ3v) is 4.90. The van der Waals surface area contributed by atoms with Crippen LogP contribution in [-0.4, -0.2) is 50.1 Å². The molecule has 0 bridgehead atoms. The van der Waals surface area contributed by atoms with Gasteiger partial charge in [0.15, 0.2) is 0 Å². The molecule has 2 amide bonds. The summed E-state index contributed by atoms with van der Waals surface area (Å²) < 4.78 is 25.2. The smallest absolute Gasteiger partial charge is 0.269 e. The number of rotatable bonds is 3. The number of nitrogens with two attached hydrogens (primary N) is 1. The van der Waals surface area contributed by atoms with E-state index in [1.54, 1.807) is 14.1 Å². The Bertz CT molecular complexity index is 682. The van der Waals surface area contributed by atoms with Crippen molar-refractivity contribution in [3.8, 4) is 0 Å². The van der Waals surface area contributed by atoms with Gasteiger partial charge in [-0.15, -0.1) is 0 Å². The highest BCUT2D eigenvalue weighted by atomic mass is 32.2. The van der Waals surface area contributed by atoms with E-state index in [2.05, 4.69) is 0 Å². The Labute approximate surface area is 117 Å². The minimum Gasteiger partial charge on any atom is -0.399 e. The molecule has 1 aromatic carbocycles. The zero-order valence-corrected chi connectivity index (χ0v) is 12.0. The van der Waals surface area contributed by atoms with Crippen LogP contribution in [0.5, 0.6) is 0 Å². The zero-order chi connectivity index (χ0) is 15.1. The zero-order valence-electron chi connectivity index (χ0n) is 11.2. The number of benzene rings is 1. The lowest BCUT2D eigenvalue weighted by atomic mass is 10.2. The van der Waals surface area contributed by atoms with Crippen molar-refractivity contribution in [1.29, 1.82) is 0 Å². The Morgan fingerprint density at radius 2 is 2.00 bits per heavy atom. The van der Waals surface area contributed by atoms with Crippen LogP contribution in [0.2, 0.25) is 0 Å². The topological polar surface area (TPSA) is 101 Å². The van der Waals surface area contributed by atoms with Crippen molar-refractivity contribution in [3.63, 3.8) is 0 Å². The van der Waals surface area contributed by atoms with E-state index in [0.717, 1.165) is 4.31 Å². The molecule has 0 aromatic heterocycles. The number of nitrogen functional groups attached to an aromatic ring is 1. The number of hydrogen-bond donors (Lipinski definition) is 1. The van der Waals surface area contributed by atoms with E-state index in [0.29, 0.717) is 5.69 Å². The van der Waals surface area contributed by atoms with Gasteiger partial charge in [-0.25, -0.2) is 12.7 Å². The molecule has 0 saturated carbocycles. The van der Waals surface area contributed by atoms with Crippen LogP contribution in [-0.2, 0) is 14.8 Å². The number of nitrogens with zero attached hydrogens (tertiary/aromatic N) is 2. The van der Waals surface area contributed by atoms with Gasteiger partial charge >= 0.3 is 0 Å². The maximum absolute atomic E-state index is 12.2. The quantitative estimate of drug-likeness (QED) is 0.785. The van der Waals surface area contributed by atoms with Crippen molar-refractivity contribution in [2.45, 2.75) is 11.3 Å². The molecule has 108 valence electrons. The second-order valence-electron chi connectivity index (χ2n) is 4.68. The molecule has 1 aromatic rings. The molecule has 0 spiro atoms. The Hall–Kier alpha value is -2.09. The normalized spacial score (nSPS) is 16.1. The summed E-state index contributed by atoms with van der Waals surface area (Å²) in [5.41, 5.74) is 5.94. The first-order valence-electron chi connectivity index (χ1n) is 5.92. The van der Waals surface area contributed by atoms with Gasteiger partial charge in [0.1, 0.15) is 4.90 Å². The molecule has 1 heterocycles. The third-order valence-electron chi connectivity index (χ3n) is 3.06. The van der Waals surface area contributed by atoms with Gasteiger partial charge in [-0.05, 0) is 18.2 Å². The van der Waals surface area contributed by atoms with Gasteiger partial charge < -0.3 is 10.6 Å². The van der Waals surface area contributed by atoms with Crippen molar-refractivity contribution in [3.05, 3.63) is 23.8 Å². The first kappa shape index (κ1) is 14.3. The van der Waals surface area contributed by atoms with E-state index < -0.39 is 15.9 Å². The standard InChI is InChI=1S/C12H15N3O4S/c1-14(2)11(16)5-6-15-12(17)9-7-8(13)3-4-10(9)20(15,18)19/h3-4,7H,5-6,13H2,1-2H3. The van der Waals surface area contributed by atoms with Crippen LogP contribution in [0.25, 0.3) is 0 Å². The molecule has 8 heteroatoms. The summed E-state index contributed by atoms with van der Waals surface area (Å²) in [5.74, 6) is -0.887. The Morgan fingerprint density at radius 3 is 2.60 bits per heavy atom. The Balaban J connectivity index is 2.30. The summed E-state index contributed by atoms with van der Waals surface area (Å²) >= 11 is 0. The number of sulfonamides is 1. The van der Waals surface area contributed by atoms with Gasteiger partial charge in [-0.1, -0.05) is 0 Å². The van der Waals surface area contributed by atoms with Crippen molar-refractivity contribution in [2.75, 3.05) is 26.4 Å². The van der Waals surface area contributed by atoms with Gasteiger partial charge in [0.25, 0.3) is 15.9 Å². The maximum atomic E-state index is 12.2. The lowest BCUT2D eigenvalue weighted by molar-refractivity contribution is -0.128. The fourth-order valence-electron chi connectivity index (χ4n) is 1.94. The molecule has 2 rings (SSSR count). The van der Waals surface area contributed by atoms with Crippen molar-refractivity contribution in [2.24, 2.45) is 0 Å². The van der Waals surface area contributed by atoms with Crippen molar-refractivity contribution >= 4 is 27.5 Å². The van der Waals surface area contributed by atoms with Gasteiger partial charge in [0.05, 0.1) is 5.56 Å². The molecule has 0 saturated heterocycles. The second-order valence-corrected chi connectivity index (χ2v) is 6.51. The number of carbonyl (C=O) groups is 2. The highest BCUT2D eigenvalue weighted by Crippen LogP contribution is 2.31. The van der Waals surface area contributed by atoms with Gasteiger partial charge in [-0.2, -0.15) is 0 Å². The average molecular weight is 297 g/mol. The minimum absolute atomic E-state index is 0.0541. The largest absolute Gasteiger partial charge is 0.399 e. The van der Waals surface area contributed by atoms with Crippen LogP contribution < -0.4 is 5.73 Å². The van der Waals surface area contributed by atoms with Gasteiger partial charge in [-0.3, -0.25) is 9.59 Å². The van der Waals surface area contributed by atoms with Gasteiger partial charge in [0, 0.05) is 32.7 Å². The van der Waals surface area contributed by atoms with E-state index in [-0.39, 0.29) is 29.3 Å². The van der Waals surface area contributed by atoms with Crippen LogP contribution >= 0.6 is 0 Å². The lowest BCUT2D eigenvalue weighted by Gasteiger charge is -2.16. The summed E-state index contributed by atoms with van der Waals surface area (Å²) in [4.78, 5) is 24.9. The van der Waals surface area contributed by atoms with Crippen LogP contribution in [0.4, 0.5) is 5.69 Å². The number of amides is 2. The molecule has 0 unspecified atom stereocenters. The molecule has 0 radical (unpaired) electrons. The molecule has 1 aliphatic rings. The van der Waals surface area contributed by atoms with Crippen molar-refractivity contribution in [1.82, 2.24) is 9.21 Å². The molecular weight excluding hydrogens is 282 g/mol. The molecule has 0 fully saturated rings. The fraction of sp³-hybridized carbons (Fsp3) is 0.333. The molecule has 2 N–H and O–H groups in total. The Kier molecular flexibility index (Phi) is 3.43. The van der Waals surface area contributed by atoms with E-state index in [1.165, 1.54) is 23.1 Å². The first-order valence-corrected chi connectivity index (χ1v) is 7.36. The average Bonchev–Trinajstić information content (AvgIpc) is 2.54. The van der Waals surface area contributed by atoms with Crippen molar-refractivity contribution < 1.29 is 18.0 Å². The monoisotopic (exact) mass is 297 g/mol. The number of carbonyl (C=O) groups excluding carboxylic acids is 2. The highest BCUT2D eigenvalue weighted by molar-refractivity contribution is 7.90. The number of anilines is 1. The second kappa shape index (κ2) is 4.78. The van der Waals surface area contributed by atoms with Crippen LogP contribution in [0.3, 0.4) is 0 Å². The van der Waals surface area contributed by atoms with Crippen LogP contribution in [0.1, 0.15) is 16.8 Å². The summed E-state index contributed by atoms with van der Waals surface area (Å²) in [6, 6.07) is 4.08. The molecular formula is C12H15N3O4S. The number of fused-ring (bicyclic) bond motifs is 1. The summed E-state index contributed by atoms with van der Waals surface area (Å²) in [7, 11) is -0.741. The summed E-state index contributed by atoms with van der Waals surface area (Å²) in [6.45, 7) is -0.174. The number of hydrogen-bond acceptors (Lipinski definition) is 5. The molecule has 0 aliphatic carbocycles. The van der Waals surface area contributed by atoms with E-state index >= 15 is 0 Å². The lowest BCUT2D eigenvalue weighted by Crippen LogP contribution is -2.34. The molecule has 7 nitrogen and oxygen atoms in total.